The molecular formula is C13H22N2. The molecule has 2 aliphatic rings. The lowest BCUT2D eigenvalue weighted by atomic mass is 9.67. The van der Waals surface area contributed by atoms with Crippen LogP contribution >= 0.6 is 0 Å². The summed E-state index contributed by atoms with van der Waals surface area (Å²) in [5.74, 6) is 0. The van der Waals surface area contributed by atoms with Crippen molar-refractivity contribution in [3.63, 3.8) is 0 Å². The molecular weight excluding hydrogens is 184 g/mol. The van der Waals surface area contributed by atoms with Crippen molar-refractivity contribution in [1.29, 1.82) is 0 Å². The quantitative estimate of drug-likeness (QED) is 0.647. The maximum absolute atomic E-state index is 4.67. The highest BCUT2D eigenvalue weighted by molar-refractivity contribution is 5.68. The van der Waals surface area contributed by atoms with E-state index < -0.39 is 0 Å². The lowest BCUT2D eigenvalue weighted by Crippen LogP contribution is -2.43. The molecule has 0 amide bonds. The first-order valence-corrected chi connectivity index (χ1v) is 5.89. The van der Waals surface area contributed by atoms with E-state index >= 15 is 0 Å². The Labute approximate surface area is 92.9 Å². The molecule has 0 spiro atoms. The third kappa shape index (κ3) is 1.70. The van der Waals surface area contributed by atoms with Crippen molar-refractivity contribution >= 4 is 6.21 Å². The minimum atomic E-state index is 0.231. The average molecular weight is 206 g/mol. The summed E-state index contributed by atoms with van der Waals surface area (Å²) in [6, 6.07) is 0.372. The maximum atomic E-state index is 4.67. The van der Waals surface area contributed by atoms with Crippen LogP contribution in [0.4, 0.5) is 0 Å². The molecule has 2 nitrogen and oxygen atoms in total. The molecule has 0 bridgehead atoms. The zero-order valence-electron chi connectivity index (χ0n) is 10.5. The van der Waals surface area contributed by atoms with Crippen LogP contribution in [0.15, 0.2) is 16.4 Å². The third-order valence-electron chi connectivity index (χ3n) is 3.73. The second kappa shape index (κ2) is 3.10. The van der Waals surface area contributed by atoms with Crippen LogP contribution in [0.25, 0.3) is 0 Å². The molecule has 2 heteroatoms. The Morgan fingerprint density at radius 3 is 2.47 bits per heavy atom. The van der Waals surface area contributed by atoms with Gasteiger partial charge in [-0.3, -0.25) is 4.99 Å². The van der Waals surface area contributed by atoms with E-state index in [4.69, 9.17) is 0 Å². The lowest BCUT2D eigenvalue weighted by molar-refractivity contribution is 0.241. The second-order valence-electron chi connectivity index (χ2n) is 6.20. The van der Waals surface area contributed by atoms with Crippen molar-refractivity contribution < 1.29 is 0 Å². The van der Waals surface area contributed by atoms with E-state index in [0.717, 1.165) is 0 Å². The van der Waals surface area contributed by atoms with E-state index in [2.05, 4.69) is 44.9 Å². The van der Waals surface area contributed by atoms with E-state index in [9.17, 15) is 0 Å². The zero-order chi connectivity index (χ0) is 11.3. The molecule has 0 aromatic carbocycles. The second-order valence-corrected chi connectivity index (χ2v) is 6.20. The van der Waals surface area contributed by atoms with E-state index in [-0.39, 0.29) is 10.8 Å². The molecule has 0 radical (unpaired) electrons. The van der Waals surface area contributed by atoms with Gasteiger partial charge in [-0.05, 0) is 19.8 Å². The summed E-state index contributed by atoms with van der Waals surface area (Å²) in [6.45, 7) is 11.4. The number of nitrogens with one attached hydrogen (secondary N) is 1. The standard InChI is InChI=1S/C13H22N2/c1-9-8-14-10-11(15-9)13(4,5)7-6-12(10,2)3/h8-9,15H,6-7H2,1-5H3/t9-/m0/s1. The first-order chi connectivity index (χ1) is 6.83. The predicted octanol–water partition coefficient (Wildman–Crippen LogP) is 3.11. The molecule has 0 unspecified atom stereocenters. The van der Waals surface area contributed by atoms with E-state index in [1.54, 1.807) is 0 Å². The van der Waals surface area contributed by atoms with Crippen LogP contribution in [0.5, 0.6) is 0 Å². The minimum absolute atomic E-state index is 0.231. The van der Waals surface area contributed by atoms with Crippen molar-refractivity contribution in [1.82, 2.24) is 5.32 Å². The van der Waals surface area contributed by atoms with Gasteiger partial charge >= 0.3 is 0 Å². The molecule has 1 atom stereocenters. The van der Waals surface area contributed by atoms with Gasteiger partial charge in [-0.1, -0.05) is 27.7 Å². The van der Waals surface area contributed by atoms with Crippen LogP contribution < -0.4 is 5.32 Å². The topological polar surface area (TPSA) is 24.4 Å². The van der Waals surface area contributed by atoms with Crippen LogP contribution in [0.3, 0.4) is 0 Å². The Bertz CT molecular complexity index is 334. The molecule has 0 aromatic rings. The Kier molecular flexibility index (Phi) is 2.21. The first kappa shape index (κ1) is 10.7. The van der Waals surface area contributed by atoms with E-state index in [1.807, 2.05) is 6.21 Å². The van der Waals surface area contributed by atoms with Crippen LogP contribution in [0.2, 0.25) is 0 Å². The first-order valence-electron chi connectivity index (χ1n) is 5.89. The highest BCUT2D eigenvalue weighted by Gasteiger charge is 2.40. The van der Waals surface area contributed by atoms with Gasteiger partial charge < -0.3 is 5.32 Å². The summed E-state index contributed by atoms with van der Waals surface area (Å²) in [7, 11) is 0. The molecule has 1 aliphatic heterocycles. The molecule has 84 valence electrons. The van der Waals surface area contributed by atoms with Gasteiger partial charge in [0.2, 0.25) is 0 Å². The van der Waals surface area contributed by atoms with Gasteiger partial charge in [-0.25, -0.2) is 0 Å². The maximum Gasteiger partial charge on any atom is 0.0651 e. The van der Waals surface area contributed by atoms with Crippen LogP contribution in [-0.2, 0) is 0 Å². The average Bonchev–Trinajstić information content (AvgIpc) is 2.13. The van der Waals surface area contributed by atoms with E-state index in [0.29, 0.717) is 6.04 Å². The normalized spacial score (nSPS) is 32.2. The number of aliphatic imine (C=N–C) groups is 1. The summed E-state index contributed by atoms with van der Waals surface area (Å²) >= 11 is 0. The fraction of sp³-hybridized carbons (Fsp3) is 0.769. The summed E-state index contributed by atoms with van der Waals surface area (Å²) in [6.07, 6.45) is 4.50. The summed E-state index contributed by atoms with van der Waals surface area (Å²) < 4.78 is 0. The number of hydrogen-bond donors (Lipinski definition) is 1. The lowest BCUT2D eigenvalue weighted by Gasteiger charge is -2.44. The molecule has 0 aromatic heterocycles. The SMILES string of the molecule is C[C@H]1C=NC2=C(N1)C(C)(C)CCC2(C)C. The van der Waals surface area contributed by atoms with Crippen molar-refractivity contribution in [2.75, 3.05) is 0 Å². The van der Waals surface area contributed by atoms with Gasteiger partial charge in [0.25, 0.3) is 0 Å². The Morgan fingerprint density at radius 1 is 1.20 bits per heavy atom. The van der Waals surface area contributed by atoms with Crippen LogP contribution in [0.1, 0.15) is 47.5 Å². The summed E-state index contributed by atoms with van der Waals surface area (Å²) in [5, 5.41) is 3.59. The Morgan fingerprint density at radius 2 is 1.80 bits per heavy atom. The van der Waals surface area contributed by atoms with Crippen LogP contribution in [0, 0.1) is 10.8 Å². The van der Waals surface area contributed by atoms with Gasteiger partial charge in [0.05, 0.1) is 11.7 Å². The molecule has 0 saturated carbocycles. The molecule has 15 heavy (non-hydrogen) atoms. The molecule has 1 aliphatic carbocycles. The highest BCUT2D eigenvalue weighted by atomic mass is 15.0. The summed E-state index contributed by atoms with van der Waals surface area (Å²) in [5.41, 5.74) is 3.14. The van der Waals surface area contributed by atoms with Crippen molar-refractivity contribution in [2.24, 2.45) is 15.8 Å². The van der Waals surface area contributed by atoms with E-state index in [1.165, 1.54) is 24.2 Å². The zero-order valence-corrected chi connectivity index (χ0v) is 10.5. The van der Waals surface area contributed by atoms with Gasteiger partial charge in [0.1, 0.15) is 0 Å². The van der Waals surface area contributed by atoms with Gasteiger partial charge in [0.15, 0.2) is 0 Å². The fourth-order valence-corrected chi connectivity index (χ4v) is 2.48. The molecule has 2 rings (SSSR count). The smallest absolute Gasteiger partial charge is 0.0651 e. The third-order valence-corrected chi connectivity index (χ3v) is 3.73. The Balaban J connectivity index is 2.49. The van der Waals surface area contributed by atoms with Gasteiger partial charge in [-0.2, -0.15) is 0 Å². The Hall–Kier alpha value is -0.790. The molecule has 1 N–H and O–H groups in total. The number of nitrogens with zero attached hydrogens (tertiary/aromatic N) is 1. The number of hydrogen-bond acceptors (Lipinski definition) is 2. The molecule has 0 fully saturated rings. The van der Waals surface area contributed by atoms with Crippen molar-refractivity contribution in [2.45, 2.75) is 53.5 Å². The monoisotopic (exact) mass is 206 g/mol. The van der Waals surface area contributed by atoms with Crippen molar-refractivity contribution in [3.8, 4) is 0 Å². The van der Waals surface area contributed by atoms with Crippen LogP contribution in [-0.4, -0.2) is 12.3 Å². The number of rotatable bonds is 0. The molecule has 0 saturated heterocycles. The minimum Gasteiger partial charge on any atom is -0.379 e. The van der Waals surface area contributed by atoms with Gasteiger partial charge in [-0.15, -0.1) is 0 Å². The largest absolute Gasteiger partial charge is 0.379 e. The number of allylic oxidation sites excluding steroid dienone is 2. The highest BCUT2D eigenvalue weighted by Crippen LogP contribution is 2.48. The van der Waals surface area contributed by atoms with Gasteiger partial charge in [0, 0.05) is 22.7 Å². The summed E-state index contributed by atoms with van der Waals surface area (Å²) in [4.78, 5) is 4.67. The van der Waals surface area contributed by atoms with Crippen molar-refractivity contribution in [3.05, 3.63) is 11.4 Å². The predicted molar refractivity (Wildman–Crippen MR) is 64.9 cm³/mol. The molecule has 1 heterocycles. The fourth-order valence-electron chi connectivity index (χ4n) is 2.48.